The summed E-state index contributed by atoms with van der Waals surface area (Å²) in [6, 6.07) is 17.1. The Balaban J connectivity index is 1.63. The van der Waals surface area contributed by atoms with Crippen LogP contribution in [0.5, 0.6) is 0 Å². The number of hydrazone groups is 1. The topological polar surface area (TPSA) is 45.8 Å². The number of amides is 1. The molecule has 4 nitrogen and oxygen atoms in total. The molecule has 3 aromatic rings. The summed E-state index contributed by atoms with van der Waals surface area (Å²) in [4.78, 5) is 12.7. The standard InChI is InChI=1S/C21H14ClFN2O2/c1-13-17(21(26)25(24-13)15-5-3-2-4-6-15)12-16-8-10-20(27-16)14-7-9-19(23)18(22)11-14/h2-12H,1H3/b17-12+. The second-order valence-corrected chi connectivity index (χ2v) is 6.43. The van der Waals surface area contributed by atoms with Gasteiger partial charge >= 0.3 is 0 Å². The summed E-state index contributed by atoms with van der Waals surface area (Å²) in [6.45, 7) is 1.77. The molecule has 0 saturated heterocycles. The van der Waals surface area contributed by atoms with Gasteiger partial charge in [0.2, 0.25) is 0 Å². The van der Waals surface area contributed by atoms with Crippen molar-refractivity contribution in [3.05, 3.63) is 82.8 Å². The van der Waals surface area contributed by atoms with E-state index < -0.39 is 5.82 Å². The molecule has 2 aromatic carbocycles. The molecule has 0 radical (unpaired) electrons. The summed E-state index contributed by atoms with van der Waals surface area (Å²) < 4.78 is 19.1. The molecule has 0 bridgehead atoms. The predicted octanol–water partition coefficient (Wildman–Crippen LogP) is 5.55. The van der Waals surface area contributed by atoms with Crippen molar-refractivity contribution in [1.29, 1.82) is 0 Å². The lowest BCUT2D eigenvalue weighted by molar-refractivity contribution is -0.114. The zero-order valence-electron chi connectivity index (χ0n) is 14.3. The second kappa shape index (κ2) is 6.85. The van der Waals surface area contributed by atoms with Gasteiger partial charge in [-0.25, -0.2) is 4.39 Å². The van der Waals surface area contributed by atoms with E-state index in [1.54, 1.807) is 31.2 Å². The van der Waals surface area contributed by atoms with Crippen LogP contribution in [0.1, 0.15) is 12.7 Å². The first kappa shape index (κ1) is 17.2. The number of halogens is 2. The first-order valence-electron chi connectivity index (χ1n) is 8.25. The van der Waals surface area contributed by atoms with E-state index in [-0.39, 0.29) is 10.9 Å². The smallest absolute Gasteiger partial charge is 0.280 e. The Morgan fingerprint density at radius 1 is 1.11 bits per heavy atom. The van der Waals surface area contributed by atoms with Gasteiger partial charge in [0.05, 0.1) is 22.0 Å². The Morgan fingerprint density at radius 2 is 1.89 bits per heavy atom. The first-order valence-corrected chi connectivity index (χ1v) is 8.63. The van der Waals surface area contributed by atoms with Crippen molar-refractivity contribution in [3.63, 3.8) is 0 Å². The lowest BCUT2D eigenvalue weighted by atomic mass is 10.1. The molecule has 0 atom stereocenters. The summed E-state index contributed by atoms with van der Waals surface area (Å²) in [5, 5.41) is 5.73. The third-order valence-electron chi connectivity index (χ3n) is 4.18. The molecule has 0 unspecified atom stereocenters. The maximum absolute atomic E-state index is 13.3. The third-order valence-corrected chi connectivity index (χ3v) is 4.47. The van der Waals surface area contributed by atoms with Gasteiger partial charge in [0, 0.05) is 5.56 Å². The molecule has 0 saturated carbocycles. The van der Waals surface area contributed by atoms with Crippen molar-refractivity contribution in [3.8, 4) is 11.3 Å². The average Bonchev–Trinajstić information content (AvgIpc) is 3.25. The van der Waals surface area contributed by atoms with Crippen LogP contribution in [-0.2, 0) is 4.79 Å². The van der Waals surface area contributed by atoms with Gasteiger partial charge in [-0.05, 0) is 55.5 Å². The van der Waals surface area contributed by atoms with E-state index in [9.17, 15) is 9.18 Å². The van der Waals surface area contributed by atoms with Gasteiger partial charge in [-0.15, -0.1) is 0 Å². The van der Waals surface area contributed by atoms with Crippen molar-refractivity contribution in [1.82, 2.24) is 0 Å². The van der Waals surface area contributed by atoms with E-state index in [4.69, 9.17) is 16.0 Å². The lowest BCUT2D eigenvalue weighted by Crippen LogP contribution is -2.21. The van der Waals surface area contributed by atoms with E-state index in [0.717, 1.165) is 0 Å². The molecule has 4 rings (SSSR count). The molecule has 1 aliphatic rings. The monoisotopic (exact) mass is 380 g/mol. The number of carbonyl (C=O) groups excluding carboxylic acids is 1. The average molecular weight is 381 g/mol. The number of rotatable bonds is 3. The van der Waals surface area contributed by atoms with Gasteiger partial charge in [-0.2, -0.15) is 10.1 Å². The molecule has 2 heterocycles. The molecular formula is C21H14ClFN2O2. The lowest BCUT2D eigenvalue weighted by Gasteiger charge is -2.10. The molecule has 0 fully saturated rings. The summed E-state index contributed by atoms with van der Waals surface area (Å²) in [6.07, 6.45) is 1.65. The van der Waals surface area contributed by atoms with Gasteiger partial charge in [0.25, 0.3) is 5.91 Å². The number of furan rings is 1. The number of nitrogens with zero attached hydrogens (tertiary/aromatic N) is 2. The third kappa shape index (κ3) is 3.29. The summed E-state index contributed by atoms with van der Waals surface area (Å²) >= 11 is 5.83. The van der Waals surface area contributed by atoms with Crippen LogP contribution in [0, 0.1) is 5.82 Å². The van der Waals surface area contributed by atoms with Crippen molar-refractivity contribution in [2.45, 2.75) is 6.92 Å². The van der Waals surface area contributed by atoms with Crippen LogP contribution < -0.4 is 5.01 Å². The minimum Gasteiger partial charge on any atom is -0.457 e. The highest BCUT2D eigenvalue weighted by Gasteiger charge is 2.28. The van der Waals surface area contributed by atoms with Crippen LogP contribution in [0.3, 0.4) is 0 Å². The zero-order valence-corrected chi connectivity index (χ0v) is 15.1. The minimum absolute atomic E-state index is 0.0243. The molecule has 6 heteroatoms. The van der Waals surface area contributed by atoms with Crippen LogP contribution in [0.25, 0.3) is 17.4 Å². The maximum Gasteiger partial charge on any atom is 0.280 e. The molecule has 134 valence electrons. The number of benzene rings is 2. The Kier molecular flexibility index (Phi) is 4.38. The van der Waals surface area contributed by atoms with Crippen LogP contribution in [-0.4, -0.2) is 11.6 Å². The Morgan fingerprint density at radius 3 is 2.63 bits per heavy atom. The fraction of sp³-hybridized carbons (Fsp3) is 0.0476. The van der Waals surface area contributed by atoms with Crippen LogP contribution in [0.4, 0.5) is 10.1 Å². The molecule has 0 N–H and O–H groups in total. The van der Waals surface area contributed by atoms with E-state index in [2.05, 4.69) is 5.10 Å². The highest BCUT2D eigenvalue weighted by atomic mass is 35.5. The molecular weight excluding hydrogens is 367 g/mol. The van der Waals surface area contributed by atoms with E-state index in [0.29, 0.717) is 34.1 Å². The second-order valence-electron chi connectivity index (χ2n) is 6.03. The number of hydrogen-bond acceptors (Lipinski definition) is 3. The molecule has 0 spiro atoms. The molecule has 0 aliphatic carbocycles. The van der Waals surface area contributed by atoms with E-state index in [1.165, 1.54) is 17.1 Å². The fourth-order valence-corrected chi connectivity index (χ4v) is 2.99. The predicted molar refractivity (Wildman–Crippen MR) is 104 cm³/mol. The van der Waals surface area contributed by atoms with Crippen LogP contribution >= 0.6 is 11.6 Å². The first-order chi connectivity index (χ1) is 13.0. The minimum atomic E-state index is -0.487. The fourth-order valence-electron chi connectivity index (χ4n) is 2.81. The molecule has 1 amide bonds. The quantitative estimate of drug-likeness (QED) is 0.559. The highest BCUT2D eigenvalue weighted by molar-refractivity contribution is 6.32. The molecule has 27 heavy (non-hydrogen) atoms. The summed E-state index contributed by atoms with van der Waals surface area (Å²) in [5.41, 5.74) is 2.41. The Hall–Kier alpha value is -3.18. The van der Waals surface area contributed by atoms with Crippen molar-refractivity contribution in [2.75, 3.05) is 5.01 Å². The van der Waals surface area contributed by atoms with E-state index in [1.807, 2.05) is 30.3 Å². The van der Waals surface area contributed by atoms with Gasteiger partial charge in [-0.3, -0.25) is 4.79 Å². The Bertz CT molecular complexity index is 1090. The van der Waals surface area contributed by atoms with Gasteiger partial charge in [0.15, 0.2) is 0 Å². The van der Waals surface area contributed by atoms with E-state index >= 15 is 0 Å². The zero-order chi connectivity index (χ0) is 19.0. The number of para-hydroxylation sites is 1. The van der Waals surface area contributed by atoms with Crippen LogP contribution in [0.15, 0.2) is 75.8 Å². The van der Waals surface area contributed by atoms with Gasteiger partial charge < -0.3 is 4.42 Å². The Labute approximate surface area is 160 Å². The normalized spacial score (nSPS) is 15.5. The number of carbonyl (C=O) groups is 1. The van der Waals surface area contributed by atoms with Gasteiger partial charge in [-0.1, -0.05) is 29.8 Å². The van der Waals surface area contributed by atoms with Crippen molar-refractivity contribution < 1.29 is 13.6 Å². The van der Waals surface area contributed by atoms with Gasteiger partial charge in [0.1, 0.15) is 17.3 Å². The number of anilines is 1. The van der Waals surface area contributed by atoms with Crippen molar-refractivity contribution in [2.24, 2.45) is 5.10 Å². The molecule has 1 aliphatic heterocycles. The highest BCUT2D eigenvalue weighted by Crippen LogP contribution is 2.29. The summed E-state index contributed by atoms with van der Waals surface area (Å²) in [5.74, 6) is 0.321. The summed E-state index contributed by atoms with van der Waals surface area (Å²) in [7, 11) is 0. The largest absolute Gasteiger partial charge is 0.457 e. The molecule has 1 aromatic heterocycles. The maximum atomic E-state index is 13.3. The SMILES string of the molecule is CC1=NN(c2ccccc2)C(=O)/C1=C/c1ccc(-c2ccc(F)c(Cl)c2)o1. The number of hydrogen-bond donors (Lipinski definition) is 0. The van der Waals surface area contributed by atoms with Crippen molar-refractivity contribution >= 4 is 35.0 Å². The van der Waals surface area contributed by atoms with Crippen LogP contribution in [0.2, 0.25) is 5.02 Å².